The van der Waals surface area contributed by atoms with Crippen molar-refractivity contribution in [2.24, 2.45) is 0 Å². The van der Waals surface area contributed by atoms with Crippen molar-refractivity contribution >= 4 is 27.5 Å². The van der Waals surface area contributed by atoms with Gasteiger partial charge >= 0.3 is 0 Å². The summed E-state index contributed by atoms with van der Waals surface area (Å²) in [5, 5.41) is 8.19. The van der Waals surface area contributed by atoms with Crippen LogP contribution >= 0.6 is 27.5 Å². The first kappa shape index (κ1) is 13.5. The van der Waals surface area contributed by atoms with Gasteiger partial charge in [0, 0.05) is 11.6 Å². The highest BCUT2D eigenvalue weighted by Crippen LogP contribution is 2.18. The minimum absolute atomic E-state index is 0.342. The number of methoxy groups -OCH3 is 1. The number of benzene rings is 1. The van der Waals surface area contributed by atoms with E-state index in [9.17, 15) is 0 Å². The molecular weight excluding hydrogens is 318 g/mol. The highest BCUT2D eigenvalue weighted by Gasteiger charge is 2.12. The van der Waals surface area contributed by atoms with Crippen molar-refractivity contribution in [3.05, 3.63) is 45.7 Å². The van der Waals surface area contributed by atoms with E-state index in [1.807, 2.05) is 28.9 Å². The summed E-state index contributed by atoms with van der Waals surface area (Å²) in [4.78, 5) is 0. The largest absolute Gasteiger partial charge is 0.378 e. The molecule has 0 aliphatic heterocycles. The minimum Gasteiger partial charge on any atom is -0.378 e. The van der Waals surface area contributed by atoms with Crippen molar-refractivity contribution in [2.75, 3.05) is 7.11 Å². The molecule has 18 heavy (non-hydrogen) atoms. The van der Waals surface area contributed by atoms with Gasteiger partial charge in [-0.1, -0.05) is 39.3 Å². The second kappa shape index (κ2) is 6.31. The van der Waals surface area contributed by atoms with Crippen molar-refractivity contribution < 1.29 is 4.74 Å². The van der Waals surface area contributed by atoms with Crippen molar-refractivity contribution in [2.45, 2.75) is 19.0 Å². The maximum Gasteiger partial charge on any atom is 0.103 e. The normalized spacial score (nSPS) is 10.8. The Morgan fingerprint density at radius 1 is 1.39 bits per heavy atom. The monoisotopic (exact) mass is 329 g/mol. The summed E-state index contributed by atoms with van der Waals surface area (Å²) in [5.74, 6) is 0.342. The van der Waals surface area contributed by atoms with Crippen LogP contribution in [0.3, 0.4) is 0 Å². The summed E-state index contributed by atoms with van der Waals surface area (Å²) in [7, 11) is 1.65. The number of nitrogens with zero attached hydrogens (tertiary/aromatic N) is 3. The molecule has 0 unspecified atom stereocenters. The Hall–Kier alpha value is -0.910. The summed E-state index contributed by atoms with van der Waals surface area (Å²) >= 11 is 9.36. The van der Waals surface area contributed by atoms with Gasteiger partial charge < -0.3 is 4.74 Å². The van der Waals surface area contributed by atoms with Gasteiger partial charge in [-0.3, -0.25) is 0 Å². The Kier molecular flexibility index (Phi) is 4.74. The zero-order chi connectivity index (χ0) is 13.0. The number of ether oxygens (including phenoxy) is 1. The molecule has 1 aromatic carbocycles. The average molecular weight is 331 g/mol. The molecule has 6 heteroatoms. The topological polar surface area (TPSA) is 39.9 Å². The number of alkyl halides is 1. The number of rotatable bonds is 5. The SMILES string of the molecule is COCc1c(CCl)nnn1Cc1ccccc1Br. The van der Waals surface area contributed by atoms with E-state index in [1.165, 1.54) is 0 Å². The van der Waals surface area contributed by atoms with Crippen LogP contribution in [0.25, 0.3) is 0 Å². The molecular formula is C12H13BrClN3O. The maximum atomic E-state index is 5.83. The van der Waals surface area contributed by atoms with Gasteiger partial charge in [0.2, 0.25) is 0 Å². The van der Waals surface area contributed by atoms with Crippen LogP contribution in [-0.2, 0) is 23.8 Å². The Labute approximate surface area is 119 Å². The molecule has 0 aliphatic rings. The first-order chi connectivity index (χ1) is 8.76. The molecule has 0 bridgehead atoms. The summed E-state index contributed by atoms with van der Waals surface area (Å²) in [5.41, 5.74) is 2.83. The lowest BCUT2D eigenvalue weighted by atomic mass is 10.2. The molecule has 4 nitrogen and oxygen atoms in total. The number of hydrogen-bond donors (Lipinski definition) is 0. The molecule has 2 rings (SSSR count). The molecule has 1 heterocycles. The summed E-state index contributed by atoms with van der Waals surface area (Å²) < 4.78 is 8.04. The van der Waals surface area contributed by atoms with Crippen LogP contribution in [-0.4, -0.2) is 22.1 Å². The number of halogens is 2. The van der Waals surface area contributed by atoms with Crippen LogP contribution in [0, 0.1) is 0 Å². The van der Waals surface area contributed by atoms with E-state index in [2.05, 4.69) is 26.2 Å². The van der Waals surface area contributed by atoms with Crippen LogP contribution in [0.4, 0.5) is 0 Å². The summed E-state index contributed by atoms with van der Waals surface area (Å²) in [6.07, 6.45) is 0. The fraction of sp³-hybridized carbons (Fsp3) is 0.333. The smallest absolute Gasteiger partial charge is 0.103 e. The zero-order valence-electron chi connectivity index (χ0n) is 9.94. The first-order valence-electron chi connectivity index (χ1n) is 5.45. The molecule has 96 valence electrons. The predicted octanol–water partition coefficient (Wildman–Crippen LogP) is 2.97. The Morgan fingerprint density at radius 2 is 2.17 bits per heavy atom. The second-order valence-electron chi connectivity index (χ2n) is 3.80. The molecule has 1 aromatic heterocycles. The third kappa shape index (κ3) is 2.91. The zero-order valence-corrected chi connectivity index (χ0v) is 12.3. The second-order valence-corrected chi connectivity index (χ2v) is 4.92. The van der Waals surface area contributed by atoms with Crippen LogP contribution in [0.1, 0.15) is 17.0 Å². The molecule has 0 atom stereocenters. The van der Waals surface area contributed by atoms with Gasteiger partial charge in [0.05, 0.1) is 24.7 Å². The van der Waals surface area contributed by atoms with E-state index < -0.39 is 0 Å². The molecule has 0 radical (unpaired) electrons. The van der Waals surface area contributed by atoms with E-state index in [4.69, 9.17) is 16.3 Å². The minimum atomic E-state index is 0.342. The van der Waals surface area contributed by atoms with Gasteiger partial charge in [-0.15, -0.1) is 16.7 Å². The van der Waals surface area contributed by atoms with Gasteiger partial charge in [0.1, 0.15) is 5.69 Å². The van der Waals surface area contributed by atoms with Gasteiger partial charge in [-0.05, 0) is 11.6 Å². The Morgan fingerprint density at radius 3 is 2.83 bits per heavy atom. The number of hydrogen-bond acceptors (Lipinski definition) is 3. The standard InChI is InChI=1S/C12H13BrClN3O/c1-18-8-12-11(6-14)15-16-17(12)7-9-4-2-3-5-10(9)13/h2-5H,6-8H2,1H3. The Balaban J connectivity index is 2.29. The third-order valence-corrected chi connectivity index (χ3v) is 3.63. The lowest BCUT2D eigenvalue weighted by Crippen LogP contribution is -2.08. The van der Waals surface area contributed by atoms with Crippen LogP contribution in [0.2, 0.25) is 0 Å². The maximum absolute atomic E-state index is 5.83. The fourth-order valence-electron chi connectivity index (χ4n) is 1.68. The van der Waals surface area contributed by atoms with Crippen LogP contribution in [0.15, 0.2) is 28.7 Å². The van der Waals surface area contributed by atoms with E-state index in [-0.39, 0.29) is 0 Å². The lowest BCUT2D eigenvalue weighted by molar-refractivity contribution is 0.176. The van der Waals surface area contributed by atoms with E-state index >= 15 is 0 Å². The highest BCUT2D eigenvalue weighted by molar-refractivity contribution is 9.10. The molecule has 0 amide bonds. The van der Waals surface area contributed by atoms with Crippen LogP contribution < -0.4 is 0 Å². The molecule has 0 aliphatic carbocycles. The van der Waals surface area contributed by atoms with Gasteiger partial charge in [-0.2, -0.15) is 0 Å². The van der Waals surface area contributed by atoms with E-state index in [0.29, 0.717) is 19.0 Å². The van der Waals surface area contributed by atoms with Gasteiger partial charge in [0.15, 0.2) is 0 Å². The van der Waals surface area contributed by atoms with Crippen molar-refractivity contribution in [1.82, 2.24) is 15.0 Å². The molecule has 0 saturated heterocycles. The molecule has 0 spiro atoms. The van der Waals surface area contributed by atoms with Gasteiger partial charge in [0.25, 0.3) is 0 Å². The Bertz CT molecular complexity index is 530. The lowest BCUT2D eigenvalue weighted by Gasteiger charge is -2.08. The summed E-state index contributed by atoms with van der Waals surface area (Å²) in [6.45, 7) is 1.10. The van der Waals surface area contributed by atoms with Crippen molar-refractivity contribution in [1.29, 1.82) is 0 Å². The molecule has 0 saturated carbocycles. The number of aromatic nitrogens is 3. The quantitative estimate of drug-likeness (QED) is 0.791. The van der Waals surface area contributed by atoms with Crippen LogP contribution in [0.5, 0.6) is 0 Å². The van der Waals surface area contributed by atoms with Gasteiger partial charge in [-0.25, -0.2) is 4.68 Å². The predicted molar refractivity (Wildman–Crippen MR) is 73.5 cm³/mol. The molecule has 0 fully saturated rings. The molecule has 2 aromatic rings. The summed E-state index contributed by atoms with van der Waals surface area (Å²) in [6, 6.07) is 8.03. The van der Waals surface area contributed by atoms with Crippen molar-refractivity contribution in [3.8, 4) is 0 Å². The third-order valence-electron chi connectivity index (χ3n) is 2.60. The average Bonchev–Trinajstić information content (AvgIpc) is 2.75. The van der Waals surface area contributed by atoms with E-state index in [0.717, 1.165) is 21.4 Å². The van der Waals surface area contributed by atoms with E-state index in [1.54, 1.807) is 7.11 Å². The van der Waals surface area contributed by atoms with Crippen molar-refractivity contribution in [3.63, 3.8) is 0 Å². The fourth-order valence-corrected chi connectivity index (χ4v) is 2.30. The molecule has 0 N–H and O–H groups in total. The highest BCUT2D eigenvalue weighted by atomic mass is 79.9. The first-order valence-corrected chi connectivity index (χ1v) is 6.78.